The number of ether oxygens (including phenoxy) is 1. The third kappa shape index (κ3) is 4.60. The minimum atomic E-state index is -0.0229. The Bertz CT molecular complexity index is 914. The van der Waals surface area contributed by atoms with Crippen LogP contribution in [0.3, 0.4) is 0 Å². The number of hydrogen-bond acceptors (Lipinski definition) is 4. The van der Waals surface area contributed by atoms with E-state index in [2.05, 4.69) is 79.2 Å². The highest BCUT2D eigenvalue weighted by molar-refractivity contribution is 5.79. The van der Waals surface area contributed by atoms with Crippen LogP contribution in [0.4, 0.5) is 5.69 Å². The van der Waals surface area contributed by atoms with E-state index in [1.807, 2.05) is 0 Å². The molecule has 4 nitrogen and oxygen atoms in total. The molecule has 4 heteroatoms. The summed E-state index contributed by atoms with van der Waals surface area (Å²) >= 11 is 0. The third-order valence-electron chi connectivity index (χ3n) is 5.46. The van der Waals surface area contributed by atoms with Gasteiger partial charge in [-0.05, 0) is 53.4 Å². The maximum absolute atomic E-state index is 11.6. The molecular weight excluding hydrogens is 362 g/mol. The molecule has 1 aliphatic carbocycles. The lowest BCUT2D eigenvalue weighted by molar-refractivity contribution is -0.128. The molecule has 29 heavy (non-hydrogen) atoms. The average molecular weight is 392 g/mol. The van der Waals surface area contributed by atoms with Crippen LogP contribution >= 0.6 is 0 Å². The number of fused-ring (bicyclic) bond motifs is 1. The highest BCUT2D eigenvalue weighted by Gasteiger charge is 2.35. The number of para-hydroxylation sites is 1. The van der Waals surface area contributed by atoms with Crippen molar-refractivity contribution >= 4 is 18.1 Å². The van der Waals surface area contributed by atoms with E-state index < -0.39 is 0 Å². The lowest BCUT2D eigenvalue weighted by Crippen LogP contribution is -2.11. The van der Waals surface area contributed by atoms with Gasteiger partial charge in [0.25, 0.3) is 6.47 Å². The average Bonchev–Trinajstić information content (AvgIpc) is 3.47. The Balaban J connectivity index is 0.000000431. The zero-order valence-electron chi connectivity index (χ0n) is 17.6. The molecule has 0 amide bonds. The molecule has 0 saturated heterocycles. The van der Waals surface area contributed by atoms with Crippen LogP contribution in [0.5, 0.6) is 0 Å². The second-order valence-corrected chi connectivity index (χ2v) is 8.58. The molecule has 0 aromatic heterocycles. The van der Waals surface area contributed by atoms with Crippen LogP contribution in [0, 0.1) is 0 Å². The number of benzene rings is 2. The molecule has 1 aliphatic heterocycles. The maximum Gasteiger partial charge on any atom is 0.293 e. The first-order chi connectivity index (χ1) is 13.9. The number of hydrogen-bond donors (Lipinski definition) is 1. The molecule has 1 atom stereocenters. The molecular formula is C25H29NO3. The van der Waals surface area contributed by atoms with E-state index in [1.165, 1.54) is 29.5 Å². The standard InChI is InChI=1S/C22H23NO.C3H6O2/c1-22(2,3)16-11-9-15(10-12-16)20-18-6-4-5-17(14-7-8-14)21(18)23-19(20)13-24;1-2-5-3-4/h4-6,9-12,14,20,23H,7-8H2,1-3H3;3H,2H2,1H3. The van der Waals surface area contributed by atoms with Crippen molar-refractivity contribution in [3.8, 4) is 0 Å². The van der Waals surface area contributed by atoms with Crippen molar-refractivity contribution in [1.29, 1.82) is 0 Å². The molecule has 1 saturated carbocycles. The van der Waals surface area contributed by atoms with Crippen molar-refractivity contribution < 1.29 is 14.3 Å². The fourth-order valence-electron chi connectivity index (χ4n) is 3.74. The lowest BCUT2D eigenvalue weighted by Gasteiger charge is -2.20. The summed E-state index contributed by atoms with van der Waals surface area (Å²) in [5.74, 6) is 2.78. The predicted octanol–water partition coefficient (Wildman–Crippen LogP) is 5.31. The molecule has 2 aromatic rings. The Labute approximate surface area is 173 Å². The number of anilines is 1. The van der Waals surface area contributed by atoms with Crippen molar-refractivity contribution in [3.05, 3.63) is 70.4 Å². The Kier molecular flexibility index (Phi) is 6.24. The SMILES string of the molecule is CC(C)(C)c1ccc(C2C(=C=O)Nc3c(C4CC4)cccc32)cc1.CCOC=O. The lowest BCUT2D eigenvalue weighted by atomic mass is 9.84. The van der Waals surface area contributed by atoms with Gasteiger partial charge in [0.1, 0.15) is 11.6 Å². The van der Waals surface area contributed by atoms with E-state index >= 15 is 0 Å². The van der Waals surface area contributed by atoms with Gasteiger partial charge in [0.15, 0.2) is 0 Å². The van der Waals surface area contributed by atoms with Gasteiger partial charge in [-0.15, -0.1) is 0 Å². The van der Waals surface area contributed by atoms with Crippen LogP contribution in [0.15, 0.2) is 48.2 Å². The Morgan fingerprint density at radius 2 is 1.76 bits per heavy atom. The maximum atomic E-state index is 11.6. The molecule has 1 fully saturated rings. The zero-order valence-corrected chi connectivity index (χ0v) is 17.6. The van der Waals surface area contributed by atoms with Gasteiger partial charge in [0, 0.05) is 5.69 Å². The summed E-state index contributed by atoms with van der Waals surface area (Å²) in [6.07, 6.45) is 2.51. The number of nitrogens with one attached hydrogen (secondary N) is 1. The Hall–Kier alpha value is -2.84. The summed E-state index contributed by atoms with van der Waals surface area (Å²) in [5.41, 5.74) is 6.94. The van der Waals surface area contributed by atoms with Crippen molar-refractivity contribution in [1.82, 2.24) is 0 Å². The number of carbonyl (C=O) groups excluding carboxylic acids is 2. The Morgan fingerprint density at radius 3 is 2.24 bits per heavy atom. The number of allylic oxidation sites excluding steroid dienone is 1. The second-order valence-electron chi connectivity index (χ2n) is 8.58. The summed E-state index contributed by atoms with van der Waals surface area (Å²) < 4.78 is 4.15. The number of rotatable bonds is 4. The topological polar surface area (TPSA) is 55.4 Å². The van der Waals surface area contributed by atoms with Crippen LogP contribution < -0.4 is 5.32 Å². The van der Waals surface area contributed by atoms with Crippen LogP contribution in [0.25, 0.3) is 0 Å². The second kappa shape index (κ2) is 8.67. The van der Waals surface area contributed by atoms with Crippen LogP contribution in [-0.2, 0) is 19.7 Å². The van der Waals surface area contributed by atoms with Gasteiger partial charge in [-0.3, -0.25) is 4.79 Å². The van der Waals surface area contributed by atoms with E-state index in [4.69, 9.17) is 0 Å². The molecule has 1 unspecified atom stereocenters. The van der Waals surface area contributed by atoms with Crippen molar-refractivity contribution in [2.45, 2.75) is 57.8 Å². The van der Waals surface area contributed by atoms with Crippen molar-refractivity contribution in [3.63, 3.8) is 0 Å². The third-order valence-corrected chi connectivity index (χ3v) is 5.46. The molecule has 152 valence electrons. The van der Waals surface area contributed by atoms with E-state index in [-0.39, 0.29) is 11.3 Å². The molecule has 2 aromatic carbocycles. The normalized spacial score (nSPS) is 17.4. The fraction of sp³-hybridized carbons (Fsp3) is 0.400. The zero-order chi connectivity index (χ0) is 21.0. The first kappa shape index (κ1) is 20.9. The molecule has 1 N–H and O–H groups in total. The highest BCUT2D eigenvalue weighted by Crippen LogP contribution is 2.50. The summed E-state index contributed by atoms with van der Waals surface area (Å²) in [6, 6.07) is 15.1. The van der Waals surface area contributed by atoms with E-state index in [0.29, 0.717) is 24.7 Å². The van der Waals surface area contributed by atoms with Gasteiger partial charge in [-0.2, -0.15) is 0 Å². The summed E-state index contributed by atoms with van der Waals surface area (Å²) in [5, 5.41) is 3.36. The van der Waals surface area contributed by atoms with Crippen LogP contribution in [0.1, 0.15) is 74.6 Å². The van der Waals surface area contributed by atoms with Gasteiger partial charge in [-0.1, -0.05) is 63.2 Å². The van der Waals surface area contributed by atoms with Crippen LogP contribution in [0.2, 0.25) is 0 Å². The van der Waals surface area contributed by atoms with E-state index in [1.54, 1.807) is 6.92 Å². The number of carbonyl (C=O) groups is 1. The van der Waals surface area contributed by atoms with E-state index in [0.717, 1.165) is 11.3 Å². The molecule has 0 bridgehead atoms. The summed E-state index contributed by atoms with van der Waals surface area (Å²) in [7, 11) is 0. The fourth-order valence-corrected chi connectivity index (χ4v) is 3.74. The summed E-state index contributed by atoms with van der Waals surface area (Å²) in [4.78, 5) is 20.7. The van der Waals surface area contributed by atoms with Gasteiger partial charge in [-0.25, -0.2) is 4.79 Å². The smallest absolute Gasteiger partial charge is 0.293 e. The molecule has 0 spiro atoms. The highest BCUT2D eigenvalue weighted by atomic mass is 16.5. The molecule has 1 heterocycles. The largest absolute Gasteiger partial charge is 0.468 e. The van der Waals surface area contributed by atoms with Crippen molar-refractivity contribution in [2.75, 3.05) is 11.9 Å². The molecule has 0 radical (unpaired) electrons. The van der Waals surface area contributed by atoms with Gasteiger partial charge >= 0.3 is 0 Å². The molecule has 4 rings (SSSR count). The summed E-state index contributed by atoms with van der Waals surface area (Å²) in [6.45, 7) is 9.31. The van der Waals surface area contributed by atoms with Gasteiger partial charge in [0.2, 0.25) is 0 Å². The Morgan fingerprint density at radius 1 is 1.10 bits per heavy atom. The monoisotopic (exact) mass is 391 g/mol. The van der Waals surface area contributed by atoms with Gasteiger partial charge in [0.05, 0.1) is 12.5 Å². The quantitative estimate of drug-likeness (QED) is 0.567. The van der Waals surface area contributed by atoms with Gasteiger partial charge < -0.3 is 10.1 Å². The first-order valence-corrected chi connectivity index (χ1v) is 10.2. The molecule has 2 aliphatic rings. The van der Waals surface area contributed by atoms with Crippen molar-refractivity contribution in [2.24, 2.45) is 0 Å². The van der Waals surface area contributed by atoms with E-state index in [9.17, 15) is 9.59 Å². The minimum absolute atomic E-state index is 0.0229. The predicted molar refractivity (Wildman–Crippen MR) is 116 cm³/mol. The first-order valence-electron chi connectivity index (χ1n) is 10.2. The minimum Gasteiger partial charge on any atom is -0.468 e. The van der Waals surface area contributed by atoms with Crippen LogP contribution in [-0.4, -0.2) is 19.0 Å².